The van der Waals surface area contributed by atoms with Gasteiger partial charge in [-0.1, -0.05) is 30.3 Å². The minimum absolute atomic E-state index is 0.0871. The average molecular weight is 272 g/mol. The molecule has 0 aliphatic carbocycles. The van der Waals surface area contributed by atoms with Crippen LogP contribution in [0.5, 0.6) is 0 Å². The third kappa shape index (κ3) is 4.17. The first-order valence-electron chi connectivity index (χ1n) is 6.46. The van der Waals surface area contributed by atoms with Crippen molar-refractivity contribution in [2.75, 3.05) is 5.32 Å². The smallest absolute Gasteiger partial charge is 0.221 e. The van der Waals surface area contributed by atoms with E-state index in [4.69, 9.17) is 0 Å². The molecule has 1 amide bonds. The summed E-state index contributed by atoms with van der Waals surface area (Å²) in [4.78, 5) is 11.1. The Balaban J connectivity index is 1.93. The highest BCUT2D eigenvalue weighted by atomic mass is 19.1. The van der Waals surface area contributed by atoms with E-state index in [1.165, 1.54) is 19.1 Å². The number of hydrogen-bond acceptors (Lipinski definition) is 2. The first kappa shape index (κ1) is 14.2. The van der Waals surface area contributed by atoms with E-state index in [1.54, 1.807) is 12.1 Å². The predicted octanol–water partition coefficient (Wildman–Crippen LogP) is 3.07. The summed E-state index contributed by atoms with van der Waals surface area (Å²) in [6, 6.07) is 14.0. The number of anilines is 1. The maximum Gasteiger partial charge on any atom is 0.221 e. The zero-order valence-electron chi connectivity index (χ0n) is 11.3. The molecule has 0 bridgehead atoms. The van der Waals surface area contributed by atoms with Gasteiger partial charge in [0.05, 0.1) is 0 Å². The monoisotopic (exact) mass is 272 g/mol. The van der Waals surface area contributed by atoms with Crippen molar-refractivity contribution in [1.29, 1.82) is 0 Å². The van der Waals surface area contributed by atoms with Gasteiger partial charge in [0.1, 0.15) is 5.82 Å². The second-order valence-corrected chi connectivity index (χ2v) is 4.57. The van der Waals surface area contributed by atoms with E-state index < -0.39 is 0 Å². The summed E-state index contributed by atoms with van der Waals surface area (Å²) in [5.74, 6) is -0.319. The number of para-hydroxylation sites is 1. The second-order valence-electron chi connectivity index (χ2n) is 4.57. The van der Waals surface area contributed by atoms with E-state index in [1.807, 2.05) is 24.3 Å². The van der Waals surface area contributed by atoms with Crippen LogP contribution in [-0.2, 0) is 17.9 Å². The zero-order valence-corrected chi connectivity index (χ0v) is 11.3. The molecular weight excluding hydrogens is 255 g/mol. The lowest BCUT2D eigenvalue weighted by Gasteiger charge is -2.11. The van der Waals surface area contributed by atoms with E-state index in [0.717, 1.165) is 16.8 Å². The molecule has 0 heterocycles. The fourth-order valence-corrected chi connectivity index (χ4v) is 1.93. The van der Waals surface area contributed by atoms with Crippen molar-refractivity contribution in [2.24, 2.45) is 0 Å². The van der Waals surface area contributed by atoms with Crippen molar-refractivity contribution in [1.82, 2.24) is 5.32 Å². The Morgan fingerprint density at radius 2 is 1.75 bits per heavy atom. The molecular formula is C16H17FN2O. The van der Waals surface area contributed by atoms with Crippen LogP contribution < -0.4 is 10.6 Å². The number of amides is 1. The van der Waals surface area contributed by atoms with Gasteiger partial charge in [0.15, 0.2) is 0 Å². The third-order valence-corrected chi connectivity index (χ3v) is 2.89. The SMILES string of the molecule is CC(=O)Nc1ccccc1CNCc1ccc(F)cc1. The molecule has 2 N–H and O–H groups in total. The van der Waals surface area contributed by atoms with E-state index in [9.17, 15) is 9.18 Å². The standard InChI is InChI=1S/C16H17FN2O/c1-12(20)19-16-5-3-2-4-14(16)11-18-10-13-6-8-15(17)9-7-13/h2-9,18H,10-11H2,1H3,(H,19,20). The lowest BCUT2D eigenvalue weighted by atomic mass is 10.1. The molecule has 0 fully saturated rings. The van der Waals surface area contributed by atoms with Gasteiger partial charge in [-0.15, -0.1) is 0 Å². The molecule has 20 heavy (non-hydrogen) atoms. The van der Waals surface area contributed by atoms with Crippen molar-refractivity contribution in [2.45, 2.75) is 20.0 Å². The Morgan fingerprint density at radius 3 is 2.45 bits per heavy atom. The van der Waals surface area contributed by atoms with Gasteiger partial charge in [0, 0.05) is 25.7 Å². The molecule has 2 rings (SSSR count). The maximum absolute atomic E-state index is 12.8. The van der Waals surface area contributed by atoms with E-state index in [2.05, 4.69) is 10.6 Å². The summed E-state index contributed by atoms with van der Waals surface area (Å²) in [6.07, 6.45) is 0. The number of nitrogens with one attached hydrogen (secondary N) is 2. The minimum atomic E-state index is -0.232. The number of carbonyl (C=O) groups is 1. The van der Waals surface area contributed by atoms with Gasteiger partial charge < -0.3 is 10.6 Å². The Hall–Kier alpha value is -2.20. The van der Waals surface area contributed by atoms with Crippen LogP contribution in [0.4, 0.5) is 10.1 Å². The van der Waals surface area contributed by atoms with Gasteiger partial charge in [-0.2, -0.15) is 0 Å². The predicted molar refractivity (Wildman–Crippen MR) is 77.7 cm³/mol. The molecule has 3 nitrogen and oxygen atoms in total. The Kier molecular flexibility index (Phi) is 4.85. The van der Waals surface area contributed by atoms with Crippen LogP contribution in [0.2, 0.25) is 0 Å². The lowest BCUT2D eigenvalue weighted by Crippen LogP contribution is -2.15. The van der Waals surface area contributed by atoms with Crippen molar-refractivity contribution in [3.63, 3.8) is 0 Å². The highest BCUT2D eigenvalue weighted by Crippen LogP contribution is 2.14. The number of rotatable bonds is 5. The first-order valence-corrected chi connectivity index (χ1v) is 6.46. The molecule has 0 atom stereocenters. The molecule has 104 valence electrons. The van der Waals surface area contributed by atoms with Crippen molar-refractivity contribution in [3.05, 3.63) is 65.5 Å². The highest BCUT2D eigenvalue weighted by molar-refractivity contribution is 5.89. The van der Waals surface area contributed by atoms with Gasteiger partial charge in [0.25, 0.3) is 0 Å². The summed E-state index contributed by atoms with van der Waals surface area (Å²) < 4.78 is 12.8. The summed E-state index contributed by atoms with van der Waals surface area (Å²) in [7, 11) is 0. The normalized spacial score (nSPS) is 10.3. The molecule has 2 aromatic carbocycles. The number of halogens is 1. The third-order valence-electron chi connectivity index (χ3n) is 2.89. The van der Waals surface area contributed by atoms with Crippen molar-refractivity contribution < 1.29 is 9.18 Å². The second kappa shape index (κ2) is 6.82. The average Bonchev–Trinajstić information content (AvgIpc) is 2.42. The summed E-state index contributed by atoms with van der Waals surface area (Å²) in [6.45, 7) is 2.77. The summed E-state index contributed by atoms with van der Waals surface area (Å²) in [5.41, 5.74) is 2.85. The van der Waals surface area contributed by atoms with E-state index in [0.29, 0.717) is 13.1 Å². The van der Waals surface area contributed by atoms with Crippen LogP contribution in [0.25, 0.3) is 0 Å². The molecule has 4 heteroatoms. The van der Waals surface area contributed by atoms with Crippen molar-refractivity contribution >= 4 is 11.6 Å². The van der Waals surface area contributed by atoms with Gasteiger partial charge in [-0.25, -0.2) is 4.39 Å². The number of hydrogen-bond donors (Lipinski definition) is 2. The first-order chi connectivity index (χ1) is 9.65. The number of benzene rings is 2. The molecule has 0 saturated carbocycles. The van der Waals surface area contributed by atoms with Gasteiger partial charge in [0.2, 0.25) is 5.91 Å². The van der Waals surface area contributed by atoms with Gasteiger partial charge in [-0.05, 0) is 29.3 Å². The molecule has 2 aromatic rings. The fourth-order valence-electron chi connectivity index (χ4n) is 1.93. The molecule has 0 unspecified atom stereocenters. The van der Waals surface area contributed by atoms with Gasteiger partial charge in [-0.3, -0.25) is 4.79 Å². The molecule has 0 saturated heterocycles. The van der Waals surface area contributed by atoms with Crippen LogP contribution in [0.15, 0.2) is 48.5 Å². The fraction of sp³-hybridized carbons (Fsp3) is 0.188. The number of carbonyl (C=O) groups excluding carboxylic acids is 1. The van der Waals surface area contributed by atoms with E-state index in [-0.39, 0.29) is 11.7 Å². The van der Waals surface area contributed by atoms with Crippen molar-refractivity contribution in [3.8, 4) is 0 Å². The van der Waals surface area contributed by atoms with Gasteiger partial charge >= 0.3 is 0 Å². The van der Waals surface area contributed by atoms with E-state index >= 15 is 0 Å². The molecule has 0 radical (unpaired) electrons. The Bertz CT molecular complexity index is 581. The molecule has 0 spiro atoms. The molecule has 0 aliphatic heterocycles. The van der Waals surface area contributed by atoms with Crippen LogP contribution in [0.3, 0.4) is 0 Å². The van der Waals surface area contributed by atoms with Crippen LogP contribution in [0.1, 0.15) is 18.1 Å². The minimum Gasteiger partial charge on any atom is -0.326 e. The largest absolute Gasteiger partial charge is 0.326 e. The topological polar surface area (TPSA) is 41.1 Å². The summed E-state index contributed by atoms with van der Waals surface area (Å²) in [5, 5.41) is 6.08. The molecule has 0 aromatic heterocycles. The quantitative estimate of drug-likeness (QED) is 0.878. The Morgan fingerprint density at radius 1 is 1.05 bits per heavy atom. The van der Waals surface area contributed by atoms with Crippen LogP contribution in [0, 0.1) is 5.82 Å². The summed E-state index contributed by atoms with van der Waals surface area (Å²) >= 11 is 0. The molecule has 0 aliphatic rings. The lowest BCUT2D eigenvalue weighted by molar-refractivity contribution is -0.114. The van der Waals surface area contributed by atoms with Crippen LogP contribution in [-0.4, -0.2) is 5.91 Å². The van der Waals surface area contributed by atoms with Crippen LogP contribution >= 0.6 is 0 Å². The maximum atomic E-state index is 12.8. The zero-order chi connectivity index (χ0) is 14.4. The Labute approximate surface area is 117 Å². The highest BCUT2D eigenvalue weighted by Gasteiger charge is 2.03.